The number of carbonyl (C=O) groups is 1. The molecule has 0 spiro atoms. The zero-order valence-corrected chi connectivity index (χ0v) is 13.9. The molecule has 0 aliphatic rings. The Labute approximate surface area is 147 Å². The maximum atomic E-state index is 12.6. The van der Waals surface area contributed by atoms with Crippen molar-refractivity contribution in [1.29, 1.82) is 0 Å². The Morgan fingerprint density at radius 2 is 2.04 bits per heavy atom. The number of fused-ring (bicyclic) bond motifs is 1. The number of nitrogens with one attached hydrogen (secondary N) is 3. The summed E-state index contributed by atoms with van der Waals surface area (Å²) in [6.07, 6.45) is -1.44. The number of urea groups is 1. The summed E-state index contributed by atoms with van der Waals surface area (Å²) < 4.78 is 37.9. The minimum absolute atomic E-state index is 0.261. The van der Waals surface area contributed by atoms with Gasteiger partial charge in [-0.05, 0) is 42.8 Å². The summed E-state index contributed by atoms with van der Waals surface area (Å²) in [4.78, 5) is 18.9. The summed E-state index contributed by atoms with van der Waals surface area (Å²) in [7, 11) is 0. The first kappa shape index (κ1) is 17.8. The molecule has 3 rings (SSSR count). The van der Waals surface area contributed by atoms with E-state index in [0.29, 0.717) is 23.4 Å². The van der Waals surface area contributed by atoms with Crippen LogP contribution in [0, 0.1) is 6.92 Å². The van der Waals surface area contributed by atoms with Crippen LogP contribution in [0.1, 0.15) is 16.8 Å². The van der Waals surface area contributed by atoms with Gasteiger partial charge in [-0.2, -0.15) is 13.2 Å². The van der Waals surface area contributed by atoms with E-state index >= 15 is 0 Å². The number of halogens is 3. The fourth-order valence-electron chi connectivity index (χ4n) is 2.62. The number of rotatable bonds is 4. The standard InChI is InChI=1S/C18H17F3N4O/c1-11-8-13(18(19,20)21)10-24-15(11)5-7-23-17(26)25-14-2-3-16-12(9-14)4-6-22-16/h2-4,6,8-10,22H,5,7H2,1H3,(H2,23,25,26). The minimum atomic E-state index is -4.41. The Kier molecular flexibility index (Phi) is 4.83. The highest BCUT2D eigenvalue weighted by Crippen LogP contribution is 2.29. The number of amides is 2. The largest absolute Gasteiger partial charge is 0.417 e. The molecule has 0 radical (unpaired) electrons. The van der Waals surface area contributed by atoms with Crippen LogP contribution in [0.4, 0.5) is 23.7 Å². The summed E-state index contributed by atoms with van der Waals surface area (Å²) in [5, 5.41) is 6.37. The Hall–Kier alpha value is -3.03. The third kappa shape index (κ3) is 4.14. The third-order valence-electron chi connectivity index (χ3n) is 3.97. The van der Waals surface area contributed by atoms with Gasteiger partial charge in [-0.25, -0.2) is 4.79 Å². The number of aromatic nitrogens is 2. The Morgan fingerprint density at radius 1 is 1.23 bits per heavy atom. The minimum Gasteiger partial charge on any atom is -0.361 e. The van der Waals surface area contributed by atoms with E-state index in [1.165, 1.54) is 0 Å². The lowest BCUT2D eigenvalue weighted by atomic mass is 10.1. The van der Waals surface area contributed by atoms with E-state index in [-0.39, 0.29) is 12.6 Å². The van der Waals surface area contributed by atoms with Crippen molar-refractivity contribution < 1.29 is 18.0 Å². The van der Waals surface area contributed by atoms with E-state index in [4.69, 9.17) is 0 Å². The van der Waals surface area contributed by atoms with Gasteiger partial charge in [0.05, 0.1) is 5.56 Å². The van der Waals surface area contributed by atoms with Gasteiger partial charge in [0, 0.05) is 47.6 Å². The van der Waals surface area contributed by atoms with Crippen LogP contribution in [0.25, 0.3) is 10.9 Å². The predicted octanol–water partition coefficient (Wildman–Crippen LogP) is 4.25. The molecule has 2 heterocycles. The Balaban J connectivity index is 1.53. The molecule has 3 N–H and O–H groups in total. The summed E-state index contributed by atoms with van der Waals surface area (Å²) in [6.45, 7) is 1.83. The van der Waals surface area contributed by atoms with Crippen LogP contribution in [0.2, 0.25) is 0 Å². The fraction of sp³-hybridized carbons (Fsp3) is 0.222. The van der Waals surface area contributed by atoms with Crippen molar-refractivity contribution in [2.45, 2.75) is 19.5 Å². The zero-order valence-electron chi connectivity index (χ0n) is 13.9. The molecule has 0 unspecified atom stereocenters. The molecule has 1 aromatic carbocycles. The van der Waals surface area contributed by atoms with Gasteiger partial charge in [0.1, 0.15) is 0 Å². The van der Waals surface area contributed by atoms with Gasteiger partial charge < -0.3 is 15.6 Å². The quantitative estimate of drug-likeness (QED) is 0.649. The number of nitrogens with zero attached hydrogens (tertiary/aromatic N) is 1. The van der Waals surface area contributed by atoms with E-state index in [9.17, 15) is 18.0 Å². The molecule has 2 aromatic heterocycles. The van der Waals surface area contributed by atoms with Crippen molar-refractivity contribution in [3.05, 3.63) is 59.5 Å². The number of H-pyrrole nitrogens is 1. The molecule has 0 saturated heterocycles. The monoisotopic (exact) mass is 362 g/mol. The Morgan fingerprint density at radius 3 is 2.77 bits per heavy atom. The highest BCUT2D eigenvalue weighted by molar-refractivity contribution is 5.92. The average Bonchev–Trinajstić information content (AvgIpc) is 3.03. The van der Waals surface area contributed by atoms with Crippen molar-refractivity contribution in [2.75, 3.05) is 11.9 Å². The zero-order chi connectivity index (χ0) is 18.7. The third-order valence-corrected chi connectivity index (χ3v) is 3.97. The van der Waals surface area contributed by atoms with Crippen molar-refractivity contribution in [2.24, 2.45) is 0 Å². The number of benzene rings is 1. The molecule has 0 fully saturated rings. The highest BCUT2D eigenvalue weighted by atomic mass is 19.4. The van der Waals surface area contributed by atoms with Crippen LogP contribution < -0.4 is 10.6 Å². The SMILES string of the molecule is Cc1cc(C(F)(F)F)cnc1CCNC(=O)Nc1ccc2[nH]ccc2c1. The van der Waals surface area contributed by atoms with Crippen molar-refractivity contribution >= 4 is 22.6 Å². The van der Waals surface area contributed by atoms with Gasteiger partial charge in [0.25, 0.3) is 0 Å². The summed E-state index contributed by atoms with van der Waals surface area (Å²) in [6, 6.07) is 8.06. The Bertz CT molecular complexity index is 934. The normalized spacial score (nSPS) is 11.5. The van der Waals surface area contributed by atoms with Gasteiger partial charge in [-0.3, -0.25) is 4.98 Å². The van der Waals surface area contributed by atoms with Crippen molar-refractivity contribution in [1.82, 2.24) is 15.3 Å². The average molecular weight is 362 g/mol. The molecule has 0 atom stereocenters. The van der Waals surface area contributed by atoms with Crippen molar-refractivity contribution in [3.63, 3.8) is 0 Å². The number of carbonyl (C=O) groups excluding carboxylic acids is 1. The van der Waals surface area contributed by atoms with E-state index in [1.807, 2.05) is 24.4 Å². The van der Waals surface area contributed by atoms with Crippen LogP contribution >= 0.6 is 0 Å². The fourth-order valence-corrected chi connectivity index (χ4v) is 2.62. The highest BCUT2D eigenvalue weighted by Gasteiger charge is 2.31. The van der Waals surface area contributed by atoms with Gasteiger partial charge in [-0.1, -0.05) is 0 Å². The topological polar surface area (TPSA) is 69.8 Å². The second kappa shape index (κ2) is 7.07. The lowest BCUT2D eigenvalue weighted by Crippen LogP contribution is -2.30. The molecule has 0 aliphatic carbocycles. The van der Waals surface area contributed by atoms with Gasteiger partial charge in [0.15, 0.2) is 0 Å². The van der Waals surface area contributed by atoms with E-state index in [0.717, 1.165) is 23.2 Å². The van der Waals surface area contributed by atoms with Gasteiger partial charge in [-0.15, -0.1) is 0 Å². The predicted molar refractivity (Wildman–Crippen MR) is 93.0 cm³/mol. The number of hydrogen-bond acceptors (Lipinski definition) is 2. The lowest BCUT2D eigenvalue weighted by Gasteiger charge is -2.11. The molecular formula is C18H17F3N4O. The second-order valence-electron chi connectivity index (χ2n) is 5.90. The molecule has 5 nitrogen and oxygen atoms in total. The van der Waals surface area contributed by atoms with E-state index in [2.05, 4.69) is 20.6 Å². The first-order valence-corrected chi connectivity index (χ1v) is 7.97. The molecular weight excluding hydrogens is 345 g/mol. The molecule has 2 amide bonds. The smallest absolute Gasteiger partial charge is 0.361 e. The number of alkyl halides is 3. The van der Waals surface area contributed by atoms with Crippen LogP contribution in [-0.2, 0) is 12.6 Å². The number of aromatic amines is 1. The maximum absolute atomic E-state index is 12.6. The molecule has 8 heteroatoms. The number of aryl methyl sites for hydroxylation is 1. The number of hydrogen-bond donors (Lipinski definition) is 3. The summed E-state index contributed by atoms with van der Waals surface area (Å²) >= 11 is 0. The van der Waals surface area contributed by atoms with Crippen LogP contribution in [0.5, 0.6) is 0 Å². The van der Waals surface area contributed by atoms with Crippen LogP contribution in [0.15, 0.2) is 42.7 Å². The van der Waals surface area contributed by atoms with Crippen molar-refractivity contribution in [3.8, 4) is 0 Å². The molecule has 26 heavy (non-hydrogen) atoms. The summed E-state index contributed by atoms with van der Waals surface area (Å²) in [5.74, 6) is 0. The molecule has 0 saturated carbocycles. The maximum Gasteiger partial charge on any atom is 0.417 e. The molecule has 0 bridgehead atoms. The van der Waals surface area contributed by atoms with Crippen LogP contribution in [-0.4, -0.2) is 22.5 Å². The van der Waals surface area contributed by atoms with Gasteiger partial charge >= 0.3 is 12.2 Å². The lowest BCUT2D eigenvalue weighted by molar-refractivity contribution is -0.137. The number of anilines is 1. The second-order valence-corrected chi connectivity index (χ2v) is 5.90. The molecule has 3 aromatic rings. The molecule has 136 valence electrons. The molecule has 0 aliphatic heterocycles. The first-order valence-electron chi connectivity index (χ1n) is 7.97. The van der Waals surface area contributed by atoms with Gasteiger partial charge in [0.2, 0.25) is 0 Å². The van der Waals surface area contributed by atoms with Crippen LogP contribution in [0.3, 0.4) is 0 Å². The number of pyridine rings is 1. The first-order chi connectivity index (χ1) is 12.3. The summed E-state index contributed by atoms with van der Waals surface area (Å²) in [5.41, 5.74) is 1.81. The van der Waals surface area contributed by atoms with E-state index in [1.54, 1.807) is 13.0 Å². The van der Waals surface area contributed by atoms with E-state index < -0.39 is 11.7 Å².